The standard InChI is InChI=1S/C18H21N3O4S/c1-21(2)26(24,25)16-10-8-15(9-11-16)20-18(23)13-19-17(22)12-14-6-4-3-5-7-14/h3-11H,12-13H2,1-2H3,(H,19,22)(H,20,23). The van der Waals surface area contributed by atoms with Gasteiger partial charge in [-0.15, -0.1) is 0 Å². The molecule has 0 aliphatic carbocycles. The van der Waals surface area contributed by atoms with Gasteiger partial charge in [0.25, 0.3) is 0 Å². The zero-order chi connectivity index (χ0) is 19.2. The van der Waals surface area contributed by atoms with E-state index in [1.54, 1.807) is 0 Å². The highest BCUT2D eigenvalue weighted by Gasteiger charge is 2.16. The maximum absolute atomic E-state index is 12.0. The summed E-state index contributed by atoms with van der Waals surface area (Å²) in [6.45, 7) is -0.163. The molecule has 0 aromatic heterocycles. The molecule has 138 valence electrons. The van der Waals surface area contributed by atoms with Gasteiger partial charge in [-0.3, -0.25) is 9.59 Å². The highest BCUT2D eigenvalue weighted by Crippen LogP contribution is 2.16. The number of nitrogens with zero attached hydrogens (tertiary/aromatic N) is 1. The first kappa shape index (κ1) is 19.6. The van der Waals surface area contributed by atoms with Crippen LogP contribution in [0.5, 0.6) is 0 Å². The van der Waals surface area contributed by atoms with Crippen LogP contribution in [0.15, 0.2) is 59.5 Å². The third-order valence-electron chi connectivity index (χ3n) is 3.57. The number of rotatable bonds is 7. The van der Waals surface area contributed by atoms with Crippen LogP contribution in [0.3, 0.4) is 0 Å². The molecule has 26 heavy (non-hydrogen) atoms. The Labute approximate surface area is 153 Å². The van der Waals surface area contributed by atoms with Crippen molar-refractivity contribution in [2.45, 2.75) is 11.3 Å². The first-order valence-corrected chi connectivity index (χ1v) is 9.36. The molecule has 0 saturated heterocycles. The van der Waals surface area contributed by atoms with Crippen LogP contribution in [0.25, 0.3) is 0 Å². The van der Waals surface area contributed by atoms with Crippen molar-refractivity contribution in [3.8, 4) is 0 Å². The first-order valence-electron chi connectivity index (χ1n) is 7.92. The third kappa shape index (κ3) is 5.40. The summed E-state index contributed by atoms with van der Waals surface area (Å²) in [7, 11) is -0.615. The first-order chi connectivity index (χ1) is 12.3. The zero-order valence-corrected chi connectivity index (χ0v) is 15.4. The second-order valence-electron chi connectivity index (χ2n) is 5.80. The van der Waals surface area contributed by atoms with Gasteiger partial charge in [0.05, 0.1) is 17.9 Å². The fourth-order valence-corrected chi connectivity index (χ4v) is 3.05. The number of benzene rings is 2. The highest BCUT2D eigenvalue weighted by molar-refractivity contribution is 7.89. The van der Waals surface area contributed by atoms with Gasteiger partial charge in [0.15, 0.2) is 0 Å². The number of hydrogen-bond acceptors (Lipinski definition) is 4. The quantitative estimate of drug-likeness (QED) is 0.761. The molecule has 2 aromatic carbocycles. The SMILES string of the molecule is CN(C)S(=O)(=O)c1ccc(NC(=O)CNC(=O)Cc2ccccc2)cc1. The van der Waals surface area contributed by atoms with Crippen molar-refractivity contribution in [1.82, 2.24) is 9.62 Å². The summed E-state index contributed by atoms with van der Waals surface area (Å²) < 4.78 is 25.1. The largest absolute Gasteiger partial charge is 0.347 e. The minimum atomic E-state index is -3.51. The second-order valence-corrected chi connectivity index (χ2v) is 7.95. The van der Waals surface area contributed by atoms with Gasteiger partial charge in [-0.25, -0.2) is 12.7 Å². The molecule has 2 aromatic rings. The Hall–Kier alpha value is -2.71. The van der Waals surface area contributed by atoms with E-state index >= 15 is 0 Å². The molecular formula is C18H21N3O4S. The molecule has 0 saturated carbocycles. The van der Waals surface area contributed by atoms with Crippen LogP contribution in [0.2, 0.25) is 0 Å². The zero-order valence-electron chi connectivity index (χ0n) is 14.6. The van der Waals surface area contributed by atoms with Gasteiger partial charge in [-0.1, -0.05) is 30.3 Å². The van der Waals surface area contributed by atoms with E-state index in [1.165, 1.54) is 38.4 Å². The van der Waals surface area contributed by atoms with E-state index in [2.05, 4.69) is 10.6 Å². The lowest BCUT2D eigenvalue weighted by Crippen LogP contribution is -2.33. The van der Waals surface area contributed by atoms with Crippen LogP contribution in [-0.2, 0) is 26.0 Å². The summed E-state index contributed by atoms with van der Waals surface area (Å²) in [6, 6.07) is 15.1. The summed E-state index contributed by atoms with van der Waals surface area (Å²) >= 11 is 0. The molecular weight excluding hydrogens is 354 g/mol. The number of amides is 2. The lowest BCUT2D eigenvalue weighted by molar-refractivity contribution is -0.123. The van der Waals surface area contributed by atoms with Gasteiger partial charge in [0.1, 0.15) is 0 Å². The maximum Gasteiger partial charge on any atom is 0.243 e. The van der Waals surface area contributed by atoms with E-state index in [0.29, 0.717) is 5.69 Å². The number of anilines is 1. The van der Waals surface area contributed by atoms with E-state index < -0.39 is 15.9 Å². The Balaban J connectivity index is 1.85. The molecule has 0 unspecified atom stereocenters. The van der Waals surface area contributed by atoms with Crippen LogP contribution < -0.4 is 10.6 Å². The molecule has 2 rings (SSSR count). The van der Waals surface area contributed by atoms with E-state index in [4.69, 9.17) is 0 Å². The minimum Gasteiger partial charge on any atom is -0.347 e. The monoisotopic (exact) mass is 375 g/mol. The average Bonchev–Trinajstić information content (AvgIpc) is 2.61. The molecule has 0 radical (unpaired) electrons. The summed E-state index contributed by atoms with van der Waals surface area (Å²) in [6.07, 6.45) is 0.200. The van der Waals surface area contributed by atoms with Crippen molar-refractivity contribution in [1.29, 1.82) is 0 Å². The number of nitrogens with one attached hydrogen (secondary N) is 2. The van der Waals surface area contributed by atoms with Gasteiger partial charge < -0.3 is 10.6 Å². The van der Waals surface area contributed by atoms with Crippen molar-refractivity contribution in [3.63, 3.8) is 0 Å². The van der Waals surface area contributed by atoms with Crippen LogP contribution in [0, 0.1) is 0 Å². The van der Waals surface area contributed by atoms with Crippen LogP contribution in [0.1, 0.15) is 5.56 Å². The molecule has 0 spiro atoms. The summed E-state index contributed by atoms with van der Waals surface area (Å²) in [4.78, 5) is 23.9. The molecule has 0 fully saturated rings. The maximum atomic E-state index is 12.0. The number of sulfonamides is 1. The molecule has 8 heteroatoms. The fraction of sp³-hybridized carbons (Fsp3) is 0.222. The molecule has 7 nitrogen and oxygen atoms in total. The number of hydrogen-bond donors (Lipinski definition) is 2. The van der Waals surface area contributed by atoms with Crippen molar-refractivity contribution < 1.29 is 18.0 Å². The van der Waals surface area contributed by atoms with Gasteiger partial charge in [0, 0.05) is 19.8 Å². The molecule has 0 bridgehead atoms. The minimum absolute atomic E-state index is 0.136. The van der Waals surface area contributed by atoms with Crippen LogP contribution in [-0.4, -0.2) is 45.2 Å². The predicted octanol–water partition coefficient (Wildman–Crippen LogP) is 1.23. The molecule has 2 amide bonds. The van der Waals surface area contributed by atoms with Gasteiger partial charge in [-0.2, -0.15) is 0 Å². The predicted molar refractivity (Wildman–Crippen MR) is 99.1 cm³/mol. The van der Waals surface area contributed by atoms with Gasteiger partial charge in [-0.05, 0) is 29.8 Å². The Bertz CT molecular complexity index is 863. The van der Waals surface area contributed by atoms with Crippen molar-refractivity contribution in [3.05, 3.63) is 60.2 Å². The molecule has 0 aliphatic rings. The number of carbonyl (C=O) groups excluding carboxylic acids is 2. The smallest absolute Gasteiger partial charge is 0.243 e. The molecule has 0 aliphatic heterocycles. The van der Waals surface area contributed by atoms with Gasteiger partial charge >= 0.3 is 0 Å². The van der Waals surface area contributed by atoms with E-state index in [9.17, 15) is 18.0 Å². The molecule has 0 atom stereocenters. The third-order valence-corrected chi connectivity index (χ3v) is 5.40. The summed E-state index contributed by atoms with van der Waals surface area (Å²) in [5.41, 5.74) is 1.31. The number of carbonyl (C=O) groups is 2. The lowest BCUT2D eigenvalue weighted by Gasteiger charge is -2.12. The Morgan fingerprint density at radius 1 is 0.923 bits per heavy atom. The van der Waals surface area contributed by atoms with E-state index in [1.807, 2.05) is 30.3 Å². The fourth-order valence-electron chi connectivity index (χ4n) is 2.15. The topological polar surface area (TPSA) is 95.6 Å². The molecule has 0 heterocycles. The normalized spacial score (nSPS) is 11.2. The van der Waals surface area contributed by atoms with Crippen LogP contribution in [0.4, 0.5) is 5.69 Å². The van der Waals surface area contributed by atoms with E-state index in [0.717, 1.165) is 9.87 Å². The van der Waals surface area contributed by atoms with Crippen molar-refractivity contribution >= 4 is 27.5 Å². The van der Waals surface area contributed by atoms with Gasteiger partial charge in [0.2, 0.25) is 21.8 Å². The van der Waals surface area contributed by atoms with Crippen LogP contribution >= 0.6 is 0 Å². The lowest BCUT2D eigenvalue weighted by atomic mass is 10.1. The summed E-state index contributed by atoms with van der Waals surface area (Å²) in [5, 5.41) is 5.16. The van der Waals surface area contributed by atoms with Crippen molar-refractivity contribution in [2.75, 3.05) is 26.0 Å². The Kier molecular flexibility index (Phi) is 6.48. The Morgan fingerprint density at radius 2 is 1.54 bits per heavy atom. The average molecular weight is 375 g/mol. The molecule has 2 N–H and O–H groups in total. The highest BCUT2D eigenvalue weighted by atomic mass is 32.2. The second kappa shape index (κ2) is 8.59. The summed E-state index contributed by atoms with van der Waals surface area (Å²) in [5.74, 6) is -0.645. The van der Waals surface area contributed by atoms with E-state index in [-0.39, 0.29) is 23.8 Å². The van der Waals surface area contributed by atoms with Crippen molar-refractivity contribution in [2.24, 2.45) is 0 Å². The Morgan fingerprint density at radius 3 is 2.12 bits per heavy atom.